The van der Waals surface area contributed by atoms with E-state index in [1.54, 1.807) is 19.2 Å². The van der Waals surface area contributed by atoms with Crippen LogP contribution >= 0.6 is 12.4 Å². The zero-order chi connectivity index (χ0) is 11.3. The molecule has 0 spiro atoms. The van der Waals surface area contributed by atoms with Crippen molar-refractivity contribution in [1.82, 2.24) is 0 Å². The van der Waals surface area contributed by atoms with Gasteiger partial charge in [-0.15, -0.1) is 12.4 Å². The Morgan fingerprint density at radius 1 is 1.38 bits per heavy atom. The number of hydrogen-bond acceptors (Lipinski definition) is 4. The first-order valence-corrected chi connectivity index (χ1v) is 4.90. The minimum absolute atomic E-state index is 0. The number of rotatable bonds is 5. The van der Waals surface area contributed by atoms with Gasteiger partial charge in [0, 0.05) is 0 Å². The molecule has 1 atom stereocenters. The van der Waals surface area contributed by atoms with E-state index in [0.29, 0.717) is 18.1 Å². The molecule has 92 valence electrons. The van der Waals surface area contributed by atoms with Gasteiger partial charge in [0.25, 0.3) is 0 Å². The molecule has 0 aromatic heterocycles. The zero-order valence-corrected chi connectivity index (χ0v) is 10.3. The first-order valence-electron chi connectivity index (χ1n) is 4.90. The summed E-state index contributed by atoms with van der Waals surface area (Å²) in [4.78, 5) is 0. The van der Waals surface area contributed by atoms with E-state index in [1.165, 1.54) is 0 Å². The number of ether oxygens (including phenoxy) is 2. The fourth-order valence-corrected chi connectivity index (χ4v) is 1.30. The van der Waals surface area contributed by atoms with Crippen molar-refractivity contribution in [2.75, 3.05) is 20.3 Å². The number of nitrogens with two attached hydrogens (primary N) is 1. The lowest BCUT2D eigenvalue weighted by Gasteiger charge is -2.13. The molecule has 3 N–H and O–H groups in total. The Labute approximate surface area is 102 Å². The Hall–Kier alpha value is -0.970. The van der Waals surface area contributed by atoms with Crippen LogP contribution in [-0.4, -0.2) is 25.4 Å². The molecule has 16 heavy (non-hydrogen) atoms. The smallest absolute Gasteiger partial charge is 0.161 e. The van der Waals surface area contributed by atoms with Crippen molar-refractivity contribution in [2.45, 2.75) is 13.0 Å². The molecule has 0 amide bonds. The number of methoxy groups -OCH3 is 1. The summed E-state index contributed by atoms with van der Waals surface area (Å²) < 4.78 is 10.5. The molecule has 0 saturated carbocycles. The molecule has 5 heteroatoms. The SMILES string of the molecule is CCOc1cc([C@@H](N)CO)ccc1OC.Cl. The number of halogens is 1. The molecule has 0 fully saturated rings. The minimum Gasteiger partial charge on any atom is -0.493 e. The first kappa shape index (κ1) is 15.0. The molecular weight excluding hydrogens is 230 g/mol. The highest BCUT2D eigenvalue weighted by molar-refractivity contribution is 5.85. The Balaban J connectivity index is 0.00000225. The summed E-state index contributed by atoms with van der Waals surface area (Å²) in [5, 5.41) is 8.94. The van der Waals surface area contributed by atoms with Gasteiger partial charge in [0.05, 0.1) is 26.4 Å². The molecule has 0 radical (unpaired) electrons. The van der Waals surface area contributed by atoms with Crippen LogP contribution in [0.1, 0.15) is 18.5 Å². The van der Waals surface area contributed by atoms with Gasteiger partial charge in [-0.25, -0.2) is 0 Å². The molecular formula is C11H18ClNO3. The second-order valence-corrected chi connectivity index (χ2v) is 3.13. The average Bonchev–Trinajstić information content (AvgIpc) is 2.28. The van der Waals surface area contributed by atoms with Gasteiger partial charge in [-0.05, 0) is 24.6 Å². The Bertz CT molecular complexity index is 320. The molecule has 1 aromatic carbocycles. The van der Waals surface area contributed by atoms with E-state index in [0.717, 1.165) is 5.56 Å². The predicted octanol–water partition coefficient (Wildman–Crippen LogP) is 1.51. The van der Waals surface area contributed by atoms with Crippen LogP contribution in [0.5, 0.6) is 11.5 Å². The molecule has 0 heterocycles. The molecule has 0 bridgehead atoms. The molecule has 0 unspecified atom stereocenters. The number of benzene rings is 1. The summed E-state index contributed by atoms with van der Waals surface area (Å²) in [5.41, 5.74) is 6.54. The standard InChI is InChI=1S/C11H17NO3.ClH/c1-3-15-11-6-8(9(12)7-13)4-5-10(11)14-2;/h4-6,9,13H,3,7,12H2,1-2H3;1H/t9-;/m0./s1. The molecule has 0 aliphatic heterocycles. The van der Waals surface area contributed by atoms with Crippen molar-refractivity contribution in [3.05, 3.63) is 23.8 Å². The van der Waals surface area contributed by atoms with Gasteiger partial charge < -0.3 is 20.3 Å². The van der Waals surface area contributed by atoms with Crippen LogP contribution in [0.2, 0.25) is 0 Å². The highest BCUT2D eigenvalue weighted by atomic mass is 35.5. The van der Waals surface area contributed by atoms with Crippen molar-refractivity contribution >= 4 is 12.4 Å². The maximum atomic E-state index is 8.94. The van der Waals surface area contributed by atoms with Gasteiger partial charge in [0.15, 0.2) is 11.5 Å². The van der Waals surface area contributed by atoms with Crippen LogP contribution in [0.3, 0.4) is 0 Å². The van der Waals surface area contributed by atoms with Crippen molar-refractivity contribution in [2.24, 2.45) is 5.73 Å². The summed E-state index contributed by atoms with van der Waals surface area (Å²) >= 11 is 0. The fourth-order valence-electron chi connectivity index (χ4n) is 1.30. The van der Waals surface area contributed by atoms with E-state index in [9.17, 15) is 0 Å². The summed E-state index contributed by atoms with van der Waals surface area (Å²) in [6, 6.07) is 5.02. The lowest BCUT2D eigenvalue weighted by atomic mass is 10.1. The van der Waals surface area contributed by atoms with Gasteiger partial charge >= 0.3 is 0 Å². The predicted molar refractivity (Wildman–Crippen MR) is 65.4 cm³/mol. The molecule has 1 aromatic rings. The first-order chi connectivity index (χ1) is 7.22. The fraction of sp³-hybridized carbons (Fsp3) is 0.455. The van der Waals surface area contributed by atoms with Crippen LogP contribution in [0.25, 0.3) is 0 Å². The maximum Gasteiger partial charge on any atom is 0.161 e. The Morgan fingerprint density at radius 3 is 2.56 bits per heavy atom. The number of hydrogen-bond donors (Lipinski definition) is 2. The molecule has 0 saturated heterocycles. The van der Waals surface area contributed by atoms with E-state index in [1.807, 2.05) is 13.0 Å². The van der Waals surface area contributed by atoms with Crippen LogP contribution in [0.15, 0.2) is 18.2 Å². The van der Waals surface area contributed by atoms with Gasteiger partial charge in [0.1, 0.15) is 0 Å². The number of aliphatic hydroxyl groups excluding tert-OH is 1. The normalized spacial score (nSPS) is 11.5. The van der Waals surface area contributed by atoms with Crippen LogP contribution in [0, 0.1) is 0 Å². The van der Waals surface area contributed by atoms with Crippen molar-refractivity contribution in [3.8, 4) is 11.5 Å². The lowest BCUT2D eigenvalue weighted by Crippen LogP contribution is -2.14. The zero-order valence-electron chi connectivity index (χ0n) is 9.47. The van der Waals surface area contributed by atoms with Gasteiger partial charge in [-0.3, -0.25) is 0 Å². The van der Waals surface area contributed by atoms with Crippen molar-refractivity contribution in [1.29, 1.82) is 0 Å². The molecule has 1 rings (SSSR count). The summed E-state index contributed by atoms with van der Waals surface area (Å²) in [7, 11) is 1.59. The van der Waals surface area contributed by atoms with Gasteiger partial charge in [-0.2, -0.15) is 0 Å². The van der Waals surface area contributed by atoms with E-state index in [-0.39, 0.29) is 25.1 Å². The van der Waals surface area contributed by atoms with E-state index < -0.39 is 0 Å². The van der Waals surface area contributed by atoms with E-state index in [4.69, 9.17) is 20.3 Å². The van der Waals surface area contributed by atoms with Crippen molar-refractivity contribution < 1.29 is 14.6 Å². The summed E-state index contributed by atoms with van der Waals surface area (Å²) in [5.74, 6) is 1.33. The third kappa shape index (κ3) is 3.56. The van der Waals surface area contributed by atoms with Gasteiger partial charge in [0.2, 0.25) is 0 Å². The lowest BCUT2D eigenvalue weighted by molar-refractivity contribution is 0.267. The average molecular weight is 248 g/mol. The Kier molecular flexibility index (Phi) is 6.88. The van der Waals surface area contributed by atoms with Crippen molar-refractivity contribution in [3.63, 3.8) is 0 Å². The Morgan fingerprint density at radius 2 is 2.06 bits per heavy atom. The second kappa shape index (κ2) is 7.33. The molecule has 4 nitrogen and oxygen atoms in total. The second-order valence-electron chi connectivity index (χ2n) is 3.13. The quantitative estimate of drug-likeness (QED) is 0.828. The van der Waals surface area contributed by atoms with Crippen LogP contribution in [0.4, 0.5) is 0 Å². The third-order valence-corrected chi connectivity index (χ3v) is 2.11. The highest BCUT2D eigenvalue weighted by Gasteiger charge is 2.09. The number of aliphatic hydroxyl groups is 1. The van der Waals surface area contributed by atoms with Gasteiger partial charge in [-0.1, -0.05) is 6.07 Å². The largest absolute Gasteiger partial charge is 0.493 e. The van der Waals surface area contributed by atoms with Crippen LogP contribution in [-0.2, 0) is 0 Å². The minimum atomic E-state index is -0.380. The summed E-state index contributed by atoms with van der Waals surface area (Å²) in [6.45, 7) is 2.38. The monoisotopic (exact) mass is 247 g/mol. The van der Waals surface area contributed by atoms with Crippen LogP contribution < -0.4 is 15.2 Å². The molecule has 0 aliphatic carbocycles. The van der Waals surface area contributed by atoms with E-state index >= 15 is 0 Å². The maximum absolute atomic E-state index is 8.94. The summed E-state index contributed by atoms with van der Waals surface area (Å²) in [6.07, 6.45) is 0. The highest BCUT2D eigenvalue weighted by Crippen LogP contribution is 2.29. The topological polar surface area (TPSA) is 64.7 Å². The van der Waals surface area contributed by atoms with E-state index in [2.05, 4.69) is 0 Å². The molecule has 0 aliphatic rings. The third-order valence-electron chi connectivity index (χ3n) is 2.11.